The molecule has 2 aliphatic rings. The van der Waals surface area contributed by atoms with Crippen molar-refractivity contribution in [1.82, 2.24) is 25.8 Å². The summed E-state index contributed by atoms with van der Waals surface area (Å²) in [6.45, 7) is 9.40. The third-order valence-electron chi connectivity index (χ3n) is 9.12. The van der Waals surface area contributed by atoms with Crippen LogP contribution in [-0.2, 0) is 40.0 Å². The Morgan fingerprint density at radius 1 is 1.08 bits per heavy atom. The Balaban J connectivity index is 1.31. The molecular formula is C35H51N9O8S. The molecule has 10 N–H and O–H groups in total. The first-order valence-corrected chi connectivity index (χ1v) is 18.8. The molecule has 2 heterocycles. The van der Waals surface area contributed by atoms with Gasteiger partial charge in [-0.1, -0.05) is 12.1 Å². The summed E-state index contributed by atoms with van der Waals surface area (Å²) in [5.74, 6) is -2.90. The van der Waals surface area contributed by atoms with Crippen LogP contribution in [0.4, 0.5) is 0 Å². The summed E-state index contributed by atoms with van der Waals surface area (Å²) in [5, 5.41) is 16.8. The maximum atomic E-state index is 13.0. The van der Waals surface area contributed by atoms with Crippen molar-refractivity contribution in [2.45, 2.75) is 100 Å². The van der Waals surface area contributed by atoms with Gasteiger partial charge < -0.3 is 32.9 Å². The van der Waals surface area contributed by atoms with E-state index in [2.05, 4.69) is 20.8 Å². The fourth-order valence-electron chi connectivity index (χ4n) is 5.91. The molecule has 1 aromatic rings. The van der Waals surface area contributed by atoms with Crippen LogP contribution >= 0.6 is 11.8 Å². The van der Waals surface area contributed by atoms with Gasteiger partial charge in [0.15, 0.2) is 5.78 Å². The third kappa shape index (κ3) is 13.4. The fourth-order valence-corrected chi connectivity index (χ4v) is 7.15. The number of nitrogens with zero attached hydrogens (tertiary/aromatic N) is 3. The number of phenols is 1. The average molecular weight is 758 g/mol. The van der Waals surface area contributed by atoms with Gasteiger partial charge in [-0.25, -0.2) is 6.57 Å². The number of phenolic OH excluding ortho intramolecular Hbond substituents is 1. The van der Waals surface area contributed by atoms with Gasteiger partial charge in [-0.05, 0) is 63.1 Å². The van der Waals surface area contributed by atoms with E-state index in [4.69, 9.17) is 23.8 Å². The molecule has 2 aliphatic heterocycles. The van der Waals surface area contributed by atoms with Gasteiger partial charge in [-0.3, -0.25) is 53.5 Å². The highest BCUT2D eigenvalue weighted by Gasteiger charge is 2.39. The van der Waals surface area contributed by atoms with Gasteiger partial charge >= 0.3 is 6.17 Å². The number of hydrogen-bond acceptors (Lipinski definition) is 12. The second kappa shape index (κ2) is 21.2. The zero-order valence-electron chi connectivity index (χ0n) is 30.0. The van der Waals surface area contributed by atoms with Crippen LogP contribution in [0.1, 0.15) is 63.9 Å². The number of carbonyl (C=O) groups is 7. The Bertz CT molecular complexity index is 1520. The number of nitrogens with two attached hydrogens (primary N) is 3. The quantitative estimate of drug-likeness (QED) is 0.0423. The maximum Gasteiger partial charge on any atom is 0.300 e. The molecule has 0 aliphatic carbocycles. The number of nitrogens with one attached hydrogen (secondary N) is 3. The number of carbonyl (C=O) groups excluding carboxylic acids is 7. The lowest BCUT2D eigenvalue weighted by molar-refractivity contribution is -0.139. The highest BCUT2D eigenvalue weighted by atomic mass is 32.2. The van der Waals surface area contributed by atoms with Crippen LogP contribution in [0.2, 0.25) is 0 Å². The van der Waals surface area contributed by atoms with Crippen LogP contribution in [0.3, 0.4) is 0 Å². The summed E-state index contributed by atoms with van der Waals surface area (Å²) in [7, 11) is 0. The summed E-state index contributed by atoms with van der Waals surface area (Å²) >= 11 is 1.07. The number of thioether (sulfide) groups is 1. The molecule has 3 rings (SSSR count). The molecule has 6 atom stereocenters. The minimum atomic E-state index is -0.998. The number of amides is 6. The van der Waals surface area contributed by atoms with Gasteiger partial charge in [0, 0.05) is 44.6 Å². The van der Waals surface area contributed by atoms with E-state index in [0.717, 1.165) is 28.6 Å². The lowest BCUT2D eigenvalue weighted by Crippen LogP contribution is -2.52. The van der Waals surface area contributed by atoms with E-state index in [1.807, 2.05) is 0 Å². The summed E-state index contributed by atoms with van der Waals surface area (Å²) in [5.41, 5.74) is 18.3. The SMILES string of the molecule is [C-]#[N+][C@@H]1CCCN1C(=O)[C@@H](N)CCCCNC(=O)CCCN1C(=O)CC(SC[C@H](NCC(=O)[C@@H](C)NC(=O)[C@@H](N)Cc2ccc(O)cc2)C(N)=O)C1=O. The topological polar surface area (TPSA) is 265 Å². The second-order valence-electron chi connectivity index (χ2n) is 13.3. The van der Waals surface area contributed by atoms with E-state index in [1.165, 1.54) is 19.1 Å². The number of primary amides is 1. The molecule has 0 radical (unpaired) electrons. The normalized spacial score (nSPS) is 19.3. The van der Waals surface area contributed by atoms with Crippen molar-refractivity contribution in [3.05, 3.63) is 41.2 Å². The second-order valence-corrected chi connectivity index (χ2v) is 14.5. The van der Waals surface area contributed by atoms with Crippen LogP contribution in [0.15, 0.2) is 24.3 Å². The van der Waals surface area contributed by atoms with Crippen molar-refractivity contribution in [2.75, 3.05) is 31.9 Å². The van der Waals surface area contributed by atoms with Crippen LogP contribution in [0, 0.1) is 6.57 Å². The van der Waals surface area contributed by atoms with Gasteiger partial charge in [0.25, 0.3) is 0 Å². The lowest BCUT2D eigenvalue weighted by atomic mass is 10.1. The zero-order valence-corrected chi connectivity index (χ0v) is 30.8. The van der Waals surface area contributed by atoms with Gasteiger partial charge in [0.05, 0.1) is 36.0 Å². The molecule has 0 bridgehead atoms. The van der Waals surface area contributed by atoms with Gasteiger partial charge in [0.2, 0.25) is 35.4 Å². The Morgan fingerprint density at radius 2 is 1.79 bits per heavy atom. The predicted molar refractivity (Wildman–Crippen MR) is 196 cm³/mol. The van der Waals surface area contributed by atoms with Crippen LogP contribution in [-0.4, -0.2) is 124 Å². The average Bonchev–Trinajstić information content (AvgIpc) is 3.71. The van der Waals surface area contributed by atoms with Gasteiger partial charge in [-0.15, -0.1) is 11.8 Å². The van der Waals surface area contributed by atoms with E-state index in [0.29, 0.717) is 38.8 Å². The van der Waals surface area contributed by atoms with Crippen molar-refractivity contribution < 1.29 is 38.7 Å². The summed E-state index contributed by atoms with van der Waals surface area (Å²) in [4.78, 5) is 93.8. The van der Waals surface area contributed by atoms with Crippen molar-refractivity contribution >= 4 is 53.0 Å². The van der Waals surface area contributed by atoms with Crippen molar-refractivity contribution in [3.63, 3.8) is 0 Å². The first-order chi connectivity index (χ1) is 25.2. The zero-order chi connectivity index (χ0) is 39.1. The largest absolute Gasteiger partial charge is 0.508 e. The smallest absolute Gasteiger partial charge is 0.300 e. The highest BCUT2D eigenvalue weighted by molar-refractivity contribution is 8.00. The summed E-state index contributed by atoms with van der Waals surface area (Å²) < 4.78 is 0. The Morgan fingerprint density at radius 3 is 2.47 bits per heavy atom. The lowest BCUT2D eigenvalue weighted by Gasteiger charge is -2.20. The van der Waals surface area contributed by atoms with Gasteiger partial charge in [0.1, 0.15) is 5.75 Å². The van der Waals surface area contributed by atoms with E-state index in [9.17, 15) is 38.7 Å². The number of rotatable bonds is 22. The predicted octanol–water partition coefficient (Wildman–Crippen LogP) is -1.10. The van der Waals surface area contributed by atoms with Crippen LogP contribution in [0.5, 0.6) is 5.75 Å². The number of Topliss-reactive ketones (excluding diaryl/α,β-unsaturated/α-hetero) is 1. The number of ketones is 1. The van der Waals surface area contributed by atoms with E-state index < -0.39 is 59.1 Å². The molecule has 1 unspecified atom stereocenters. The van der Waals surface area contributed by atoms with Gasteiger partial charge in [-0.2, -0.15) is 0 Å². The first-order valence-electron chi connectivity index (χ1n) is 17.8. The number of unbranched alkanes of at least 4 members (excludes halogenated alkanes) is 1. The molecule has 0 saturated carbocycles. The molecule has 2 saturated heterocycles. The third-order valence-corrected chi connectivity index (χ3v) is 10.4. The van der Waals surface area contributed by atoms with Crippen molar-refractivity contribution in [2.24, 2.45) is 17.2 Å². The molecular weight excluding hydrogens is 707 g/mol. The molecule has 1 aromatic carbocycles. The standard InChI is InChI=1S/C35H51N9O8S/c1-21(42-33(50)25(37)17-22-10-12-23(45)13-11-22)27(46)19-41-26(32(38)49)20-53-28-18-31(48)44(35(28)52)16-6-9-30(47)40-14-4-3-7-24(36)34(51)43-15-5-8-29(43)39-2/h10-13,21,24-26,28-29,41,45H,3-9,14-20,36-37H2,1H3,(H2,38,49)(H,40,47)(H,42,50)/t21-,24+,25+,26+,28?,29+/m1/s1. The highest BCUT2D eigenvalue weighted by Crippen LogP contribution is 2.26. The van der Waals surface area contributed by atoms with E-state index in [-0.39, 0.29) is 68.0 Å². The Kier molecular flexibility index (Phi) is 17.1. The molecule has 0 spiro atoms. The Hall–Kier alpha value is -4.57. The molecule has 6 amide bonds. The number of benzene rings is 1. The van der Waals surface area contributed by atoms with Crippen molar-refractivity contribution in [1.29, 1.82) is 0 Å². The maximum absolute atomic E-state index is 13.0. The minimum Gasteiger partial charge on any atom is -0.508 e. The molecule has 17 nitrogen and oxygen atoms in total. The number of imide groups is 1. The number of hydrogen-bond donors (Lipinski definition) is 7. The van der Waals surface area contributed by atoms with E-state index >= 15 is 0 Å². The summed E-state index contributed by atoms with van der Waals surface area (Å²) in [6, 6.07) is 2.69. The molecule has 53 heavy (non-hydrogen) atoms. The Labute approximate surface area is 313 Å². The summed E-state index contributed by atoms with van der Waals surface area (Å²) in [6.07, 6.45) is 3.20. The first kappa shape index (κ1) is 42.8. The van der Waals surface area contributed by atoms with Crippen LogP contribution < -0.4 is 33.2 Å². The molecule has 0 aromatic heterocycles. The van der Waals surface area contributed by atoms with Crippen LogP contribution in [0.25, 0.3) is 4.85 Å². The monoisotopic (exact) mass is 757 g/mol. The number of aromatic hydroxyl groups is 1. The molecule has 2 fully saturated rings. The number of likely N-dealkylation sites (tertiary alicyclic amines) is 2. The molecule has 290 valence electrons. The van der Waals surface area contributed by atoms with Crippen molar-refractivity contribution in [3.8, 4) is 5.75 Å². The van der Waals surface area contributed by atoms with E-state index in [1.54, 1.807) is 17.0 Å². The molecule has 18 heteroatoms. The minimum absolute atomic E-state index is 0.0135. The fraction of sp³-hybridized carbons (Fsp3) is 0.600.